The van der Waals surface area contributed by atoms with Gasteiger partial charge in [0.15, 0.2) is 0 Å². The van der Waals surface area contributed by atoms with Crippen molar-refractivity contribution >= 4 is 29.3 Å². The SMILES string of the molecule is C=C(C)CN(CC)c1ccc(/C=C/C(=O)O)cc1Cl. The average molecular weight is 280 g/mol. The van der Waals surface area contributed by atoms with E-state index in [0.717, 1.165) is 36.0 Å². The summed E-state index contributed by atoms with van der Waals surface area (Å²) in [7, 11) is 0. The number of likely N-dealkylation sites (N-methyl/N-ethyl adjacent to an activating group) is 1. The quantitative estimate of drug-likeness (QED) is 0.635. The Morgan fingerprint density at radius 2 is 2.21 bits per heavy atom. The zero-order chi connectivity index (χ0) is 14.4. The van der Waals surface area contributed by atoms with Gasteiger partial charge in [-0.25, -0.2) is 4.79 Å². The fourth-order valence-electron chi connectivity index (χ4n) is 1.74. The number of rotatable bonds is 6. The monoisotopic (exact) mass is 279 g/mol. The third-order valence-electron chi connectivity index (χ3n) is 2.57. The zero-order valence-corrected chi connectivity index (χ0v) is 11.9. The lowest BCUT2D eigenvalue weighted by molar-refractivity contribution is -0.131. The Morgan fingerprint density at radius 3 is 2.68 bits per heavy atom. The molecule has 102 valence electrons. The molecule has 1 rings (SSSR count). The molecule has 0 saturated heterocycles. The zero-order valence-electron chi connectivity index (χ0n) is 11.2. The molecule has 4 heteroatoms. The van der Waals surface area contributed by atoms with Crippen LogP contribution in [0.15, 0.2) is 36.4 Å². The number of halogens is 1. The summed E-state index contributed by atoms with van der Waals surface area (Å²) in [6.07, 6.45) is 2.61. The van der Waals surface area contributed by atoms with Gasteiger partial charge in [-0.1, -0.05) is 29.8 Å². The second kappa shape index (κ2) is 7.00. The molecule has 3 nitrogen and oxygen atoms in total. The van der Waals surface area contributed by atoms with Gasteiger partial charge in [-0.05, 0) is 37.6 Å². The van der Waals surface area contributed by atoms with Crippen LogP contribution in [-0.4, -0.2) is 24.2 Å². The van der Waals surface area contributed by atoms with E-state index in [4.69, 9.17) is 16.7 Å². The minimum absolute atomic E-state index is 0.607. The highest BCUT2D eigenvalue weighted by atomic mass is 35.5. The second-order valence-electron chi connectivity index (χ2n) is 4.35. The number of carboxylic acids is 1. The Morgan fingerprint density at radius 1 is 1.53 bits per heavy atom. The van der Waals surface area contributed by atoms with Crippen molar-refractivity contribution in [3.8, 4) is 0 Å². The largest absolute Gasteiger partial charge is 0.478 e. The number of carboxylic acid groups (broad SMARTS) is 1. The van der Waals surface area contributed by atoms with Crippen LogP contribution >= 0.6 is 11.6 Å². The average Bonchev–Trinajstić information content (AvgIpc) is 2.33. The van der Waals surface area contributed by atoms with Crippen LogP contribution in [-0.2, 0) is 4.79 Å². The van der Waals surface area contributed by atoms with Gasteiger partial charge in [-0.3, -0.25) is 0 Å². The van der Waals surface area contributed by atoms with Gasteiger partial charge in [0.25, 0.3) is 0 Å². The third-order valence-corrected chi connectivity index (χ3v) is 2.88. The number of nitrogens with zero attached hydrogens (tertiary/aromatic N) is 1. The summed E-state index contributed by atoms with van der Waals surface area (Å²) in [6, 6.07) is 5.51. The Hall–Kier alpha value is -1.74. The molecule has 19 heavy (non-hydrogen) atoms. The molecule has 0 aliphatic carbocycles. The van der Waals surface area contributed by atoms with E-state index < -0.39 is 5.97 Å². The molecule has 0 fully saturated rings. The van der Waals surface area contributed by atoms with Gasteiger partial charge in [-0.2, -0.15) is 0 Å². The van der Waals surface area contributed by atoms with Crippen LogP contribution in [0.1, 0.15) is 19.4 Å². The first-order valence-electron chi connectivity index (χ1n) is 6.04. The van der Waals surface area contributed by atoms with Crippen molar-refractivity contribution in [1.82, 2.24) is 0 Å². The van der Waals surface area contributed by atoms with E-state index in [-0.39, 0.29) is 0 Å². The number of benzene rings is 1. The van der Waals surface area contributed by atoms with Crippen molar-refractivity contribution in [1.29, 1.82) is 0 Å². The summed E-state index contributed by atoms with van der Waals surface area (Å²) in [5.41, 5.74) is 2.76. The number of aliphatic carboxylic acids is 1. The Labute approximate surface area is 118 Å². The molecule has 0 bridgehead atoms. The maximum atomic E-state index is 10.5. The van der Waals surface area contributed by atoms with E-state index in [0.29, 0.717) is 5.02 Å². The van der Waals surface area contributed by atoms with Gasteiger partial charge >= 0.3 is 5.97 Å². The summed E-state index contributed by atoms with van der Waals surface area (Å²) in [5, 5.41) is 9.19. The summed E-state index contributed by atoms with van der Waals surface area (Å²) >= 11 is 6.25. The molecule has 0 atom stereocenters. The Kier molecular flexibility index (Phi) is 5.64. The molecular formula is C15H18ClNO2. The van der Waals surface area contributed by atoms with Crippen LogP contribution in [0.5, 0.6) is 0 Å². The lowest BCUT2D eigenvalue weighted by Crippen LogP contribution is -2.24. The Balaban J connectivity index is 2.98. The summed E-state index contributed by atoms with van der Waals surface area (Å²) in [6.45, 7) is 9.51. The fraction of sp³-hybridized carbons (Fsp3) is 0.267. The van der Waals surface area contributed by atoms with E-state index >= 15 is 0 Å². The van der Waals surface area contributed by atoms with Gasteiger partial charge in [0.1, 0.15) is 0 Å². The van der Waals surface area contributed by atoms with Crippen molar-refractivity contribution in [3.05, 3.63) is 47.0 Å². The minimum atomic E-state index is -0.974. The maximum Gasteiger partial charge on any atom is 0.328 e. The molecule has 0 aliphatic heterocycles. The highest BCUT2D eigenvalue weighted by Gasteiger charge is 2.08. The molecule has 0 radical (unpaired) electrons. The van der Waals surface area contributed by atoms with Crippen LogP contribution < -0.4 is 4.90 Å². The fourth-order valence-corrected chi connectivity index (χ4v) is 2.05. The van der Waals surface area contributed by atoms with Gasteiger partial charge in [-0.15, -0.1) is 0 Å². The molecule has 0 aromatic heterocycles. The van der Waals surface area contributed by atoms with Gasteiger partial charge in [0.2, 0.25) is 0 Å². The van der Waals surface area contributed by atoms with Crippen LogP contribution in [0.2, 0.25) is 5.02 Å². The number of carbonyl (C=O) groups is 1. The van der Waals surface area contributed by atoms with Crippen molar-refractivity contribution in [3.63, 3.8) is 0 Å². The van der Waals surface area contributed by atoms with E-state index in [1.165, 1.54) is 6.08 Å². The molecule has 1 aromatic rings. The molecule has 1 N–H and O–H groups in total. The summed E-state index contributed by atoms with van der Waals surface area (Å²) in [4.78, 5) is 12.6. The third kappa shape index (κ3) is 4.79. The smallest absolute Gasteiger partial charge is 0.328 e. The van der Waals surface area contributed by atoms with E-state index in [2.05, 4.69) is 18.4 Å². The molecule has 0 heterocycles. The van der Waals surface area contributed by atoms with E-state index in [9.17, 15) is 4.79 Å². The standard InChI is InChI=1S/C15H18ClNO2/c1-4-17(10-11(2)3)14-7-5-12(9-13(14)16)6-8-15(18)19/h5-9H,2,4,10H2,1,3H3,(H,18,19)/b8-6+. The first-order chi connectivity index (χ1) is 8.93. The normalized spacial score (nSPS) is 10.7. The molecule has 0 spiro atoms. The molecule has 1 aromatic carbocycles. The molecule has 0 aliphatic rings. The van der Waals surface area contributed by atoms with Gasteiger partial charge in [0.05, 0.1) is 10.7 Å². The molecular weight excluding hydrogens is 262 g/mol. The van der Waals surface area contributed by atoms with Crippen LogP contribution in [0, 0.1) is 0 Å². The predicted molar refractivity (Wildman–Crippen MR) is 80.8 cm³/mol. The number of hydrogen-bond donors (Lipinski definition) is 1. The molecule has 0 amide bonds. The van der Waals surface area contributed by atoms with Crippen LogP contribution in [0.4, 0.5) is 5.69 Å². The Bertz CT molecular complexity index is 509. The number of anilines is 1. The molecule has 0 unspecified atom stereocenters. The van der Waals surface area contributed by atoms with Crippen LogP contribution in [0.3, 0.4) is 0 Å². The topological polar surface area (TPSA) is 40.5 Å². The maximum absolute atomic E-state index is 10.5. The first-order valence-corrected chi connectivity index (χ1v) is 6.41. The highest BCUT2D eigenvalue weighted by Crippen LogP contribution is 2.27. The lowest BCUT2D eigenvalue weighted by atomic mass is 10.1. The van der Waals surface area contributed by atoms with E-state index in [1.807, 2.05) is 19.1 Å². The summed E-state index contributed by atoms with van der Waals surface area (Å²) < 4.78 is 0. The highest BCUT2D eigenvalue weighted by molar-refractivity contribution is 6.33. The first kappa shape index (κ1) is 15.3. The lowest BCUT2D eigenvalue weighted by Gasteiger charge is -2.24. The predicted octanol–water partition coefficient (Wildman–Crippen LogP) is 3.84. The number of hydrogen-bond acceptors (Lipinski definition) is 2. The minimum Gasteiger partial charge on any atom is -0.478 e. The van der Waals surface area contributed by atoms with Gasteiger partial charge in [0, 0.05) is 19.2 Å². The van der Waals surface area contributed by atoms with Crippen molar-refractivity contribution < 1.29 is 9.90 Å². The van der Waals surface area contributed by atoms with Crippen molar-refractivity contribution in [2.75, 3.05) is 18.0 Å². The summed E-state index contributed by atoms with van der Waals surface area (Å²) in [5.74, 6) is -0.974. The van der Waals surface area contributed by atoms with E-state index in [1.54, 1.807) is 6.07 Å². The van der Waals surface area contributed by atoms with Gasteiger partial charge < -0.3 is 10.0 Å². The second-order valence-corrected chi connectivity index (χ2v) is 4.76. The van der Waals surface area contributed by atoms with Crippen molar-refractivity contribution in [2.45, 2.75) is 13.8 Å². The molecule has 0 saturated carbocycles. The van der Waals surface area contributed by atoms with Crippen LogP contribution in [0.25, 0.3) is 6.08 Å². The van der Waals surface area contributed by atoms with Crippen molar-refractivity contribution in [2.24, 2.45) is 0 Å².